The fourth-order valence-corrected chi connectivity index (χ4v) is 3.18. The predicted molar refractivity (Wildman–Crippen MR) is 96.4 cm³/mol. The van der Waals surface area contributed by atoms with Crippen LogP contribution in [0, 0.1) is 6.92 Å². The number of nitrogen functional groups attached to an aromatic ring is 1. The van der Waals surface area contributed by atoms with Crippen molar-refractivity contribution in [2.75, 3.05) is 16.8 Å². The summed E-state index contributed by atoms with van der Waals surface area (Å²) in [6.45, 7) is 1.86. The van der Waals surface area contributed by atoms with E-state index >= 15 is 0 Å². The second-order valence-corrected chi connectivity index (χ2v) is 7.06. The number of carbonyl (C=O) groups is 1. The van der Waals surface area contributed by atoms with Crippen molar-refractivity contribution >= 4 is 40.9 Å². The smallest absolute Gasteiger partial charge is 0.234 e. The molecule has 1 aliphatic carbocycles. The molecule has 1 saturated carbocycles. The van der Waals surface area contributed by atoms with Crippen LogP contribution in [-0.2, 0) is 4.79 Å². The number of benzene rings is 1. The molecule has 1 heterocycles. The molecule has 1 amide bonds. The number of nitrogens with two attached hydrogens (primary N) is 1. The molecule has 0 spiro atoms. The minimum Gasteiger partial charge on any atom is -0.368 e. The van der Waals surface area contributed by atoms with E-state index < -0.39 is 0 Å². The summed E-state index contributed by atoms with van der Waals surface area (Å²) in [5.74, 6) is 1.37. The third-order valence-electron chi connectivity index (χ3n) is 3.99. The number of rotatable bonds is 5. The molecule has 3 rings (SSSR count). The highest BCUT2D eigenvalue weighted by Gasteiger charge is 2.23. The van der Waals surface area contributed by atoms with Crippen LogP contribution in [0.4, 0.5) is 11.6 Å². The summed E-state index contributed by atoms with van der Waals surface area (Å²) in [5.41, 5.74) is 7.30. The molecule has 0 aliphatic heterocycles. The lowest BCUT2D eigenvalue weighted by Gasteiger charge is -2.23. The standard InChI is InChI=1S/C16H18ClN5OS/c1-9-11(17)6-3-7-12(9)19-13(23)8-24-16-21-14(10-4-2-5-10)20-15(18)22-16/h3,6-7,10H,2,4-5,8H2,1H3,(H,19,23)(H2,18,20,21,22). The van der Waals surface area contributed by atoms with E-state index in [1.54, 1.807) is 12.1 Å². The quantitative estimate of drug-likeness (QED) is 0.790. The number of nitrogens with one attached hydrogen (secondary N) is 1. The van der Waals surface area contributed by atoms with Gasteiger partial charge in [0.2, 0.25) is 11.9 Å². The molecule has 1 fully saturated rings. The van der Waals surface area contributed by atoms with E-state index in [9.17, 15) is 4.79 Å². The summed E-state index contributed by atoms with van der Waals surface area (Å²) >= 11 is 7.31. The molecular weight excluding hydrogens is 346 g/mol. The van der Waals surface area contributed by atoms with Crippen molar-refractivity contribution in [1.29, 1.82) is 0 Å². The lowest BCUT2D eigenvalue weighted by atomic mass is 9.85. The molecule has 1 aromatic heterocycles. The lowest BCUT2D eigenvalue weighted by Crippen LogP contribution is -2.17. The SMILES string of the molecule is Cc1c(Cl)cccc1NC(=O)CSc1nc(N)nc(C2CCC2)n1. The van der Waals surface area contributed by atoms with E-state index in [-0.39, 0.29) is 17.6 Å². The zero-order valence-corrected chi connectivity index (χ0v) is 14.8. The van der Waals surface area contributed by atoms with Crippen molar-refractivity contribution < 1.29 is 4.79 Å². The number of aromatic nitrogens is 3. The Bertz CT molecular complexity index is 766. The molecule has 6 nitrogen and oxygen atoms in total. The highest BCUT2D eigenvalue weighted by Crippen LogP contribution is 2.35. The Morgan fingerprint density at radius 3 is 2.88 bits per heavy atom. The van der Waals surface area contributed by atoms with Gasteiger partial charge in [0.05, 0.1) is 5.75 Å². The van der Waals surface area contributed by atoms with Gasteiger partial charge < -0.3 is 11.1 Å². The summed E-state index contributed by atoms with van der Waals surface area (Å²) in [7, 11) is 0. The fourth-order valence-electron chi connectivity index (χ4n) is 2.36. The van der Waals surface area contributed by atoms with Crippen LogP contribution < -0.4 is 11.1 Å². The van der Waals surface area contributed by atoms with E-state index in [0.29, 0.717) is 21.8 Å². The maximum absolute atomic E-state index is 12.1. The molecule has 8 heteroatoms. The summed E-state index contributed by atoms with van der Waals surface area (Å²) in [5, 5.41) is 3.96. The Kier molecular flexibility index (Phi) is 5.20. The Labute approximate surface area is 149 Å². The van der Waals surface area contributed by atoms with Crippen LogP contribution in [0.15, 0.2) is 23.4 Å². The summed E-state index contributed by atoms with van der Waals surface area (Å²) in [6.07, 6.45) is 3.37. The van der Waals surface area contributed by atoms with Gasteiger partial charge in [-0.1, -0.05) is 35.9 Å². The van der Waals surface area contributed by atoms with Gasteiger partial charge in [-0.15, -0.1) is 0 Å². The van der Waals surface area contributed by atoms with Crippen LogP contribution >= 0.6 is 23.4 Å². The molecule has 126 valence electrons. The number of hydrogen-bond donors (Lipinski definition) is 2. The number of carbonyl (C=O) groups excluding carboxylic acids is 1. The highest BCUT2D eigenvalue weighted by molar-refractivity contribution is 7.99. The number of hydrogen-bond acceptors (Lipinski definition) is 6. The second kappa shape index (κ2) is 7.36. The zero-order valence-electron chi connectivity index (χ0n) is 13.3. The maximum atomic E-state index is 12.1. The van der Waals surface area contributed by atoms with Crippen molar-refractivity contribution in [2.45, 2.75) is 37.3 Å². The third-order valence-corrected chi connectivity index (χ3v) is 5.25. The van der Waals surface area contributed by atoms with Crippen molar-refractivity contribution in [3.05, 3.63) is 34.6 Å². The third kappa shape index (κ3) is 3.96. The van der Waals surface area contributed by atoms with E-state index in [4.69, 9.17) is 17.3 Å². The highest BCUT2D eigenvalue weighted by atomic mass is 35.5. The normalized spacial score (nSPS) is 14.2. The number of nitrogens with zero attached hydrogens (tertiary/aromatic N) is 3. The first-order valence-corrected chi connectivity index (χ1v) is 9.08. The predicted octanol–water partition coefficient (Wildman–Crippen LogP) is 3.41. The number of amides is 1. The van der Waals surface area contributed by atoms with Gasteiger partial charge in [0.15, 0.2) is 5.16 Å². The van der Waals surface area contributed by atoms with E-state index in [1.165, 1.54) is 18.2 Å². The number of anilines is 2. The fraction of sp³-hybridized carbons (Fsp3) is 0.375. The lowest BCUT2D eigenvalue weighted by molar-refractivity contribution is -0.113. The van der Waals surface area contributed by atoms with Crippen LogP contribution in [-0.4, -0.2) is 26.6 Å². The van der Waals surface area contributed by atoms with Crippen molar-refractivity contribution in [2.24, 2.45) is 0 Å². The Morgan fingerprint density at radius 1 is 1.38 bits per heavy atom. The van der Waals surface area contributed by atoms with Crippen LogP contribution in [0.5, 0.6) is 0 Å². The van der Waals surface area contributed by atoms with Gasteiger partial charge in [0, 0.05) is 16.6 Å². The first-order chi connectivity index (χ1) is 11.5. The van der Waals surface area contributed by atoms with Gasteiger partial charge in [-0.05, 0) is 37.5 Å². The van der Waals surface area contributed by atoms with Gasteiger partial charge >= 0.3 is 0 Å². The second-order valence-electron chi connectivity index (χ2n) is 5.71. The Balaban J connectivity index is 1.62. The molecule has 0 radical (unpaired) electrons. The zero-order chi connectivity index (χ0) is 17.1. The number of thioether (sulfide) groups is 1. The van der Waals surface area contributed by atoms with Crippen molar-refractivity contribution in [3.63, 3.8) is 0 Å². The van der Waals surface area contributed by atoms with E-state index in [1.807, 2.05) is 13.0 Å². The molecule has 0 unspecified atom stereocenters. The molecular formula is C16H18ClN5OS. The maximum Gasteiger partial charge on any atom is 0.234 e. The molecule has 0 bridgehead atoms. The first kappa shape index (κ1) is 17.0. The van der Waals surface area contributed by atoms with Gasteiger partial charge in [-0.2, -0.15) is 9.97 Å². The first-order valence-electron chi connectivity index (χ1n) is 7.72. The Morgan fingerprint density at radius 2 is 2.17 bits per heavy atom. The average molecular weight is 364 g/mol. The summed E-state index contributed by atoms with van der Waals surface area (Å²) in [4.78, 5) is 24.9. The van der Waals surface area contributed by atoms with Crippen molar-refractivity contribution in [1.82, 2.24) is 15.0 Å². The van der Waals surface area contributed by atoms with Crippen molar-refractivity contribution in [3.8, 4) is 0 Å². The van der Waals surface area contributed by atoms with E-state index in [0.717, 1.165) is 24.2 Å². The van der Waals surface area contributed by atoms with E-state index in [2.05, 4.69) is 20.3 Å². The van der Waals surface area contributed by atoms with Crippen LogP contribution in [0.25, 0.3) is 0 Å². The minimum absolute atomic E-state index is 0.144. The van der Waals surface area contributed by atoms with Gasteiger partial charge in [0.1, 0.15) is 5.82 Å². The monoisotopic (exact) mass is 363 g/mol. The van der Waals surface area contributed by atoms with Crippen LogP contribution in [0.1, 0.15) is 36.6 Å². The summed E-state index contributed by atoms with van der Waals surface area (Å²) in [6, 6.07) is 5.41. The average Bonchev–Trinajstić information content (AvgIpc) is 2.48. The molecule has 1 aromatic carbocycles. The minimum atomic E-state index is -0.144. The van der Waals surface area contributed by atoms with Gasteiger partial charge in [-0.25, -0.2) is 4.98 Å². The van der Waals surface area contributed by atoms with Gasteiger partial charge in [0.25, 0.3) is 0 Å². The summed E-state index contributed by atoms with van der Waals surface area (Å²) < 4.78 is 0. The molecule has 0 atom stereocenters. The molecule has 2 aromatic rings. The largest absolute Gasteiger partial charge is 0.368 e. The molecule has 3 N–H and O–H groups in total. The van der Waals surface area contributed by atoms with Gasteiger partial charge in [-0.3, -0.25) is 4.79 Å². The van der Waals surface area contributed by atoms with Crippen LogP contribution in [0.2, 0.25) is 5.02 Å². The molecule has 0 saturated heterocycles. The van der Waals surface area contributed by atoms with Crippen LogP contribution in [0.3, 0.4) is 0 Å². The molecule has 1 aliphatic rings. The topological polar surface area (TPSA) is 93.8 Å². The number of halogens is 1. The molecule has 24 heavy (non-hydrogen) atoms. The Hall–Kier alpha value is -1.86.